The molecule has 3 nitrogen and oxygen atoms in total. The molecule has 0 heterocycles. The second kappa shape index (κ2) is 4.50. The summed E-state index contributed by atoms with van der Waals surface area (Å²) in [6.45, 7) is 2.06. The molecule has 1 rings (SSSR count). The van der Waals surface area contributed by atoms with E-state index in [0.717, 1.165) is 12.0 Å². The van der Waals surface area contributed by atoms with Crippen LogP contribution >= 0.6 is 0 Å². The van der Waals surface area contributed by atoms with E-state index >= 15 is 0 Å². The first-order valence-electron chi connectivity index (χ1n) is 4.37. The lowest BCUT2D eigenvalue weighted by Crippen LogP contribution is -2.23. The van der Waals surface area contributed by atoms with Crippen molar-refractivity contribution in [3.05, 3.63) is 35.9 Å². The van der Waals surface area contributed by atoms with Gasteiger partial charge in [-0.2, -0.15) is 0 Å². The Bertz CT molecular complexity index is 275. The second-order valence-corrected chi connectivity index (χ2v) is 2.89. The number of hydrogen-bond acceptors (Lipinski definition) is 1. The maximum atomic E-state index is 5.33. The molecular weight excluding hydrogens is 162 g/mol. The summed E-state index contributed by atoms with van der Waals surface area (Å²) in [6.07, 6.45) is 0.905. The molecular formula is C10H15N3. The molecule has 1 aromatic rings. The molecule has 0 aliphatic heterocycles. The van der Waals surface area contributed by atoms with Gasteiger partial charge in [0.25, 0.3) is 0 Å². The molecule has 4 N–H and O–H groups in total. The highest BCUT2D eigenvalue weighted by Gasteiger charge is 2.05. The molecule has 1 atom stereocenters. The Hall–Kier alpha value is -1.51. The van der Waals surface area contributed by atoms with Crippen molar-refractivity contribution in [1.82, 2.24) is 0 Å². The van der Waals surface area contributed by atoms with E-state index in [0.29, 0.717) is 0 Å². The summed E-state index contributed by atoms with van der Waals surface area (Å²) in [6, 6.07) is 10.1. The Morgan fingerprint density at radius 3 is 2.38 bits per heavy atom. The highest BCUT2D eigenvalue weighted by atomic mass is 15.0. The van der Waals surface area contributed by atoms with Crippen LogP contribution < -0.4 is 11.5 Å². The Morgan fingerprint density at radius 1 is 1.31 bits per heavy atom. The number of aliphatic imine (C=N–C) groups is 1. The Balaban J connectivity index is 2.85. The average molecular weight is 177 g/mol. The van der Waals surface area contributed by atoms with Crippen LogP contribution in [-0.4, -0.2) is 5.96 Å². The van der Waals surface area contributed by atoms with E-state index in [2.05, 4.69) is 11.9 Å². The summed E-state index contributed by atoms with van der Waals surface area (Å²) < 4.78 is 0. The fraction of sp³-hybridized carbons (Fsp3) is 0.300. The highest BCUT2D eigenvalue weighted by Crippen LogP contribution is 2.19. The fourth-order valence-corrected chi connectivity index (χ4v) is 1.26. The van der Waals surface area contributed by atoms with Crippen molar-refractivity contribution in [1.29, 1.82) is 0 Å². The van der Waals surface area contributed by atoms with E-state index in [-0.39, 0.29) is 12.0 Å². The van der Waals surface area contributed by atoms with Crippen LogP contribution in [0.5, 0.6) is 0 Å². The molecule has 0 bridgehead atoms. The van der Waals surface area contributed by atoms with Crippen LogP contribution in [0, 0.1) is 0 Å². The topological polar surface area (TPSA) is 64.4 Å². The van der Waals surface area contributed by atoms with Gasteiger partial charge in [0.2, 0.25) is 0 Å². The highest BCUT2D eigenvalue weighted by molar-refractivity contribution is 5.76. The third kappa shape index (κ3) is 2.78. The SMILES string of the molecule is CC[C@H](N=C(N)N)c1ccccc1. The monoisotopic (exact) mass is 177 g/mol. The number of rotatable bonds is 3. The molecule has 13 heavy (non-hydrogen) atoms. The van der Waals surface area contributed by atoms with Crippen LogP contribution in [0.3, 0.4) is 0 Å². The first-order valence-corrected chi connectivity index (χ1v) is 4.37. The minimum atomic E-state index is 0.0891. The van der Waals surface area contributed by atoms with E-state index in [1.807, 2.05) is 30.3 Å². The maximum absolute atomic E-state index is 5.33. The number of benzene rings is 1. The Labute approximate surface area is 78.5 Å². The molecule has 70 valence electrons. The lowest BCUT2D eigenvalue weighted by Gasteiger charge is -2.09. The van der Waals surface area contributed by atoms with Gasteiger partial charge < -0.3 is 11.5 Å². The van der Waals surface area contributed by atoms with Gasteiger partial charge in [0, 0.05) is 0 Å². The summed E-state index contributed by atoms with van der Waals surface area (Å²) in [5.74, 6) is 0.149. The van der Waals surface area contributed by atoms with E-state index in [1.165, 1.54) is 0 Å². The smallest absolute Gasteiger partial charge is 0.186 e. The van der Waals surface area contributed by atoms with E-state index in [1.54, 1.807) is 0 Å². The summed E-state index contributed by atoms with van der Waals surface area (Å²) in [5, 5.41) is 0. The van der Waals surface area contributed by atoms with Gasteiger partial charge in [0.15, 0.2) is 5.96 Å². The molecule has 0 spiro atoms. The van der Waals surface area contributed by atoms with Crippen molar-refractivity contribution in [3.8, 4) is 0 Å². The van der Waals surface area contributed by atoms with Crippen LogP contribution in [0.25, 0.3) is 0 Å². The largest absolute Gasteiger partial charge is 0.370 e. The first kappa shape index (κ1) is 9.58. The zero-order valence-corrected chi connectivity index (χ0v) is 7.77. The van der Waals surface area contributed by atoms with Gasteiger partial charge in [-0.15, -0.1) is 0 Å². The number of guanidine groups is 1. The lowest BCUT2D eigenvalue weighted by atomic mass is 10.1. The van der Waals surface area contributed by atoms with Crippen LogP contribution in [-0.2, 0) is 0 Å². The van der Waals surface area contributed by atoms with Crippen molar-refractivity contribution in [2.75, 3.05) is 0 Å². The molecule has 0 aliphatic carbocycles. The molecule has 3 heteroatoms. The molecule has 0 aliphatic rings. The second-order valence-electron chi connectivity index (χ2n) is 2.89. The summed E-state index contributed by atoms with van der Waals surface area (Å²) >= 11 is 0. The van der Waals surface area contributed by atoms with Crippen molar-refractivity contribution in [2.45, 2.75) is 19.4 Å². The minimum absolute atomic E-state index is 0.0891. The van der Waals surface area contributed by atoms with Crippen molar-refractivity contribution >= 4 is 5.96 Å². The van der Waals surface area contributed by atoms with E-state index in [9.17, 15) is 0 Å². The fourth-order valence-electron chi connectivity index (χ4n) is 1.26. The van der Waals surface area contributed by atoms with Crippen LogP contribution in [0.15, 0.2) is 35.3 Å². The van der Waals surface area contributed by atoms with Gasteiger partial charge in [-0.1, -0.05) is 37.3 Å². The molecule has 0 saturated heterocycles. The summed E-state index contributed by atoms with van der Waals surface area (Å²) in [5.41, 5.74) is 11.8. The molecule has 0 aromatic heterocycles. The predicted molar refractivity (Wildman–Crippen MR) is 55.3 cm³/mol. The van der Waals surface area contributed by atoms with Gasteiger partial charge in [-0.3, -0.25) is 0 Å². The lowest BCUT2D eigenvalue weighted by molar-refractivity contribution is 0.699. The third-order valence-electron chi connectivity index (χ3n) is 1.88. The Morgan fingerprint density at radius 2 is 1.92 bits per heavy atom. The number of nitrogens with two attached hydrogens (primary N) is 2. The van der Waals surface area contributed by atoms with Crippen LogP contribution in [0.2, 0.25) is 0 Å². The normalized spacial score (nSPS) is 12.1. The van der Waals surface area contributed by atoms with Crippen molar-refractivity contribution in [2.24, 2.45) is 16.5 Å². The van der Waals surface area contributed by atoms with Crippen LogP contribution in [0.4, 0.5) is 0 Å². The minimum Gasteiger partial charge on any atom is -0.370 e. The van der Waals surface area contributed by atoms with Crippen LogP contribution in [0.1, 0.15) is 24.9 Å². The van der Waals surface area contributed by atoms with Crippen molar-refractivity contribution in [3.63, 3.8) is 0 Å². The summed E-state index contributed by atoms with van der Waals surface area (Å²) in [4.78, 5) is 4.14. The van der Waals surface area contributed by atoms with Crippen molar-refractivity contribution < 1.29 is 0 Å². The summed E-state index contributed by atoms with van der Waals surface area (Å²) in [7, 11) is 0. The van der Waals surface area contributed by atoms with Gasteiger partial charge >= 0.3 is 0 Å². The molecule has 0 radical (unpaired) electrons. The van der Waals surface area contributed by atoms with Gasteiger partial charge in [-0.05, 0) is 12.0 Å². The predicted octanol–water partition coefficient (Wildman–Crippen LogP) is 1.41. The van der Waals surface area contributed by atoms with Gasteiger partial charge in [0.1, 0.15) is 0 Å². The van der Waals surface area contributed by atoms with Gasteiger partial charge in [0.05, 0.1) is 6.04 Å². The standard InChI is InChI=1S/C10H15N3/c1-2-9(13-10(11)12)8-6-4-3-5-7-8/h3-7,9H,2H2,1H3,(H4,11,12,13)/t9-/m0/s1. The molecule has 0 amide bonds. The number of nitrogens with zero attached hydrogens (tertiary/aromatic N) is 1. The molecule has 0 fully saturated rings. The van der Waals surface area contributed by atoms with Gasteiger partial charge in [-0.25, -0.2) is 4.99 Å². The molecule has 0 saturated carbocycles. The zero-order chi connectivity index (χ0) is 9.68. The average Bonchev–Trinajstić information content (AvgIpc) is 2.15. The molecule has 1 aromatic carbocycles. The quantitative estimate of drug-likeness (QED) is 0.541. The zero-order valence-electron chi connectivity index (χ0n) is 7.77. The number of hydrogen-bond donors (Lipinski definition) is 2. The third-order valence-corrected chi connectivity index (χ3v) is 1.88. The van der Waals surface area contributed by atoms with E-state index in [4.69, 9.17) is 11.5 Å². The molecule has 0 unspecified atom stereocenters. The van der Waals surface area contributed by atoms with E-state index < -0.39 is 0 Å². The maximum Gasteiger partial charge on any atom is 0.186 e. The first-order chi connectivity index (χ1) is 6.24. The Kier molecular flexibility index (Phi) is 3.31.